The predicted octanol–water partition coefficient (Wildman–Crippen LogP) is 3.20. The van der Waals surface area contributed by atoms with Crippen molar-refractivity contribution in [2.24, 2.45) is 0 Å². The molecule has 0 spiro atoms. The molecule has 12 heavy (non-hydrogen) atoms. The average molecular weight is 245 g/mol. The van der Waals surface area contributed by atoms with Gasteiger partial charge in [0.05, 0.1) is 3.79 Å². The van der Waals surface area contributed by atoms with Gasteiger partial charge in [-0.2, -0.15) is 0 Å². The van der Waals surface area contributed by atoms with E-state index in [1.165, 1.54) is 0 Å². The van der Waals surface area contributed by atoms with E-state index in [2.05, 4.69) is 15.9 Å². The Kier molecular flexibility index (Phi) is 3.69. The highest BCUT2D eigenvalue weighted by molar-refractivity contribution is 9.11. The number of carbonyl (C=O) groups is 1. The van der Waals surface area contributed by atoms with Gasteiger partial charge >= 0.3 is 0 Å². The number of thiophene rings is 1. The van der Waals surface area contributed by atoms with Crippen LogP contribution < -0.4 is 0 Å². The molecule has 0 atom stereocenters. The van der Waals surface area contributed by atoms with Crippen LogP contribution in [-0.2, 0) is 11.2 Å². The van der Waals surface area contributed by atoms with Crippen molar-refractivity contribution in [3.63, 3.8) is 0 Å². The Bertz CT molecular complexity index is 301. The maximum absolute atomic E-state index is 11.2. The monoisotopic (exact) mass is 244 g/mol. The fourth-order valence-corrected chi connectivity index (χ4v) is 2.12. The second-order valence-electron chi connectivity index (χ2n) is 2.36. The highest BCUT2D eigenvalue weighted by atomic mass is 79.9. The van der Waals surface area contributed by atoms with Crippen LogP contribution in [0.3, 0.4) is 0 Å². The summed E-state index contributed by atoms with van der Waals surface area (Å²) in [5.74, 6) is 0.150. The van der Waals surface area contributed by atoms with Gasteiger partial charge in [-0.15, -0.1) is 11.3 Å². The molecule has 0 aliphatic rings. The Hall–Kier alpha value is -0.410. The summed E-state index contributed by atoms with van der Waals surface area (Å²) in [6.45, 7) is 1.85. The molecule has 0 saturated heterocycles. The number of rotatable bonds is 3. The van der Waals surface area contributed by atoms with Crippen LogP contribution in [0.4, 0.5) is 0 Å². The molecule has 64 valence electrons. The Balaban J connectivity index is 2.64. The zero-order valence-corrected chi connectivity index (χ0v) is 9.11. The van der Waals surface area contributed by atoms with Crippen molar-refractivity contribution >= 4 is 33.0 Å². The fraction of sp³-hybridized carbons (Fsp3) is 0.222. The molecule has 0 N–H and O–H groups in total. The molecule has 0 saturated carbocycles. The molecule has 0 aliphatic heterocycles. The van der Waals surface area contributed by atoms with Crippen molar-refractivity contribution in [2.45, 2.75) is 13.3 Å². The van der Waals surface area contributed by atoms with Gasteiger partial charge in [0.15, 0.2) is 5.78 Å². The minimum atomic E-state index is 0.150. The molecule has 1 aromatic rings. The van der Waals surface area contributed by atoms with Gasteiger partial charge in [0.1, 0.15) is 0 Å². The molecule has 3 heteroatoms. The largest absolute Gasteiger partial charge is 0.294 e. The minimum absolute atomic E-state index is 0.150. The SMILES string of the molecule is C/C=C/C(=O)Cc1ccsc1Br. The van der Waals surface area contributed by atoms with E-state index in [4.69, 9.17) is 0 Å². The van der Waals surface area contributed by atoms with Crippen LogP contribution in [-0.4, -0.2) is 5.78 Å². The first kappa shape index (κ1) is 9.68. The fourth-order valence-electron chi connectivity index (χ4n) is 0.878. The molecule has 0 unspecified atom stereocenters. The highest BCUT2D eigenvalue weighted by Gasteiger charge is 2.04. The molecule has 1 rings (SSSR count). The molecule has 0 aromatic carbocycles. The van der Waals surface area contributed by atoms with E-state index in [9.17, 15) is 4.79 Å². The van der Waals surface area contributed by atoms with Crippen LogP contribution in [0.2, 0.25) is 0 Å². The van der Waals surface area contributed by atoms with Crippen LogP contribution >= 0.6 is 27.3 Å². The van der Waals surface area contributed by atoms with Gasteiger partial charge < -0.3 is 0 Å². The van der Waals surface area contributed by atoms with E-state index in [-0.39, 0.29) is 5.78 Å². The summed E-state index contributed by atoms with van der Waals surface area (Å²) in [5, 5.41) is 1.97. The molecule has 1 nitrogen and oxygen atoms in total. The Morgan fingerprint density at radius 2 is 2.50 bits per heavy atom. The number of carbonyl (C=O) groups excluding carboxylic acids is 1. The first-order valence-electron chi connectivity index (χ1n) is 3.61. The van der Waals surface area contributed by atoms with Crippen LogP contribution in [0.5, 0.6) is 0 Å². The smallest absolute Gasteiger partial charge is 0.159 e. The van der Waals surface area contributed by atoms with E-state index in [0.717, 1.165) is 9.35 Å². The van der Waals surface area contributed by atoms with Crippen molar-refractivity contribution in [3.05, 3.63) is 32.9 Å². The van der Waals surface area contributed by atoms with Crippen LogP contribution in [0.15, 0.2) is 27.4 Å². The molecule has 0 radical (unpaired) electrons. The van der Waals surface area contributed by atoms with Crippen molar-refractivity contribution in [1.82, 2.24) is 0 Å². The molecular weight excluding hydrogens is 236 g/mol. The minimum Gasteiger partial charge on any atom is -0.294 e. The lowest BCUT2D eigenvalue weighted by atomic mass is 10.2. The molecular formula is C9H9BrOS. The second-order valence-corrected chi connectivity index (χ2v) is 4.60. The van der Waals surface area contributed by atoms with E-state index in [1.807, 2.05) is 18.4 Å². The summed E-state index contributed by atoms with van der Waals surface area (Å²) in [4.78, 5) is 11.2. The second kappa shape index (κ2) is 4.58. The van der Waals surface area contributed by atoms with Crippen molar-refractivity contribution < 1.29 is 4.79 Å². The highest BCUT2D eigenvalue weighted by Crippen LogP contribution is 2.23. The van der Waals surface area contributed by atoms with E-state index in [1.54, 1.807) is 23.5 Å². The third-order valence-corrected chi connectivity index (χ3v) is 3.22. The number of hydrogen-bond donors (Lipinski definition) is 0. The van der Waals surface area contributed by atoms with Gasteiger partial charge in [-0.1, -0.05) is 6.08 Å². The van der Waals surface area contributed by atoms with Gasteiger partial charge in [0, 0.05) is 6.42 Å². The Labute approximate surface area is 84.2 Å². The topological polar surface area (TPSA) is 17.1 Å². The lowest BCUT2D eigenvalue weighted by Crippen LogP contribution is -1.96. The zero-order valence-electron chi connectivity index (χ0n) is 6.71. The summed E-state index contributed by atoms with van der Waals surface area (Å²) < 4.78 is 1.06. The average Bonchev–Trinajstić information content (AvgIpc) is 2.37. The summed E-state index contributed by atoms with van der Waals surface area (Å²) in [5.41, 5.74) is 1.07. The van der Waals surface area contributed by atoms with E-state index in [0.29, 0.717) is 6.42 Å². The third kappa shape index (κ3) is 2.57. The quantitative estimate of drug-likeness (QED) is 0.747. The summed E-state index contributed by atoms with van der Waals surface area (Å²) >= 11 is 4.99. The van der Waals surface area contributed by atoms with Crippen LogP contribution in [0.25, 0.3) is 0 Å². The van der Waals surface area contributed by atoms with E-state index >= 15 is 0 Å². The summed E-state index contributed by atoms with van der Waals surface area (Å²) in [7, 11) is 0. The number of allylic oxidation sites excluding steroid dienone is 2. The number of ketones is 1. The predicted molar refractivity (Wildman–Crippen MR) is 55.5 cm³/mol. The zero-order chi connectivity index (χ0) is 8.97. The first-order valence-corrected chi connectivity index (χ1v) is 5.28. The maximum Gasteiger partial charge on any atom is 0.159 e. The molecule has 1 heterocycles. The molecule has 1 aromatic heterocycles. The molecule has 0 bridgehead atoms. The number of hydrogen-bond acceptors (Lipinski definition) is 2. The van der Waals surface area contributed by atoms with Gasteiger partial charge in [0.2, 0.25) is 0 Å². The van der Waals surface area contributed by atoms with Crippen LogP contribution in [0, 0.1) is 0 Å². The maximum atomic E-state index is 11.2. The van der Waals surface area contributed by atoms with Crippen molar-refractivity contribution in [1.29, 1.82) is 0 Å². The first-order chi connectivity index (χ1) is 5.74. The lowest BCUT2D eigenvalue weighted by molar-refractivity contribution is -0.114. The summed E-state index contributed by atoms with van der Waals surface area (Å²) in [6.07, 6.45) is 3.86. The van der Waals surface area contributed by atoms with Gasteiger partial charge in [-0.25, -0.2) is 0 Å². The summed E-state index contributed by atoms with van der Waals surface area (Å²) in [6, 6.07) is 1.97. The van der Waals surface area contributed by atoms with Crippen molar-refractivity contribution in [3.8, 4) is 0 Å². The third-order valence-electron chi connectivity index (χ3n) is 1.41. The van der Waals surface area contributed by atoms with Gasteiger partial charge in [-0.3, -0.25) is 4.79 Å². The Morgan fingerprint density at radius 3 is 3.00 bits per heavy atom. The normalized spacial score (nSPS) is 10.8. The van der Waals surface area contributed by atoms with Gasteiger partial charge in [-0.05, 0) is 45.9 Å². The molecule has 0 aliphatic carbocycles. The van der Waals surface area contributed by atoms with Crippen LogP contribution in [0.1, 0.15) is 12.5 Å². The van der Waals surface area contributed by atoms with Gasteiger partial charge in [0.25, 0.3) is 0 Å². The lowest BCUT2D eigenvalue weighted by Gasteiger charge is -1.92. The standard InChI is InChI=1S/C9H9BrOS/c1-2-3-8(11)6-7-4-5-12-9(7)10/h2-5H,6H2,1H3/b3-2+. The van der Waals surface area contributed by atoms with E-state index < -0.39 is 0 Å². The molecule has 0 amide bonds. The Morgan fingerprint density at radius 1 is 1.75 bits per heavy atom. The number of halogens is 1. The van der Waals surface area contributed by atoms with Crippen molar-refractivity contribution in [2.75, 3.05) is 0 Å². The molecule has 0 fully saturated rings.